The third kappa shape index (κ3) is 5.07. The normalized spacial score (nSPS) is 24.4. The Morgan fingerprint density at radius 3 is 2.43 bits per heavy atom. The van der Waals surface area contributed by atoms with Gasteiger partial charge in [-0.2, -0.15) is 0 Å². The lowest BCUT2D eigenvalue weighted by Crippen LogP contribution is -2.40. The molecule has 0 radical (unpaired) electrons. The van der Waals surface area contributed by atoms with Gasteiger partial charge in [-0.15, -0.1) is 11.3 Å². The molecule has 1 N–H and O–H groups in total. The quantitative estimate of drug-likeness (QED) is 0.781. The molecule has 1 saturated carbocycles. The van der Waals surface area contributed by atoms with Gasteiger partial charge in [-0.05, 0) is 63.3 Å². The van der Waals surface area contributed by atoms with E-state index in [0.29, 0.717) is 6.04 Å². The van der Waals surface area contributed by atoms with E-state index in [1.165, 1.54) is 42.8 Å². The topological polar surface area (TPSA) is 24.9 Å². The first-order valence-electron chi connectivity index (χ1n) is 8.74. The molecule has 0 spiro atoms. The summed E-state index contributed by atoms with van der Waals surface area (Å²) >= 11 is 1.78. The lowest BCUT2D eigenvalue weighted by Gasteiger charge is -2.35. The molecular formula is C18H32N2S. The first-order valence-corrected chi connectivity index (χ1v) is 9.62. The summed E-state index contributed by atoms with van der Waals surface area (Å²) in [7, 11) is 0. The van der Waals surface area contributed by atoms with E-state index in [1.807, 2.05) is 0 Å². The summed E-state index contributed by atoms with van der Waals surface area (Å²) < 4.78 is 0. The van der Waals surface area contributed by atoms with E-state index in [1.54, 1.807) is 11.3 Å². The van der Waals surface area contributed by atoms with Crippen LogP contribution in [0.1, 0.15) is 63.6 Å². The molecule has 0 amide bonds. The highest BCUT2D eigenvalue weighted by Crippen LogP contribution is 2.35. The molecule has 120 valence electrons. The van der Waals surface area contributed by atoms with Crippen LogP contribution in [-0.2, 0) is 6.42 Å². The van der Waals surface area contributed by atoms with Crippen molar-refractivity contribution in [2.75, 3.05) is 6.54 Å². The number of thiazole rings is 1. The van der Waals surface area contributed by atoms with Gasteiger partial charge in [0.1, 0.15) is 0 Å². The second-order valence-corrected chi connectivity index (χ2v) is 8.10. The zero-order chi connectivity index (χ0) is 15.2. The molecule has 2 rings (SSSR count). The van der Waals surface area contributed by atoms with Crippen molar-refractivity contribution in [3.63, 3.8) is 0 Å². The molecular weight excluding hydrogens is 276 g/mol. The molecule has 0 aliphatic heterocycles. The monoisotopic (exact) mass is 308 g/mol. The number of aryl methyl sites for hydroxylation is 1. The van der Waals surface area contributed by atoms with Crippen molar-refractivity contribution in [1.29, 1.82) is 0 Å². The fourth-order valence-corrected chi connectivity index (χ4v) is 4.30. The zero-order valence-corrected chi connectivity index (χ0v) is 15.0. The van der Waals surface area contributed by atoms with Crippen LogP contribution >= 0.6 is 11.3 Å². The van der Waals surface area contributed by atoms with E-state index in [9.17, 15) is 0 Å². The Balaban J connectivity index is 1.93. The van der Waals surface area contributed by atoms with E-state index in [4.69, 9.17) is 0 Å². The Morgan fingerprint density at radius 1 is 1.24 bits per heavy atom. The minimum Gasteiger partial charge on any atom is -0.313 e. The minimum atomic E-state index is 0.625. The second kappa shape index (κ2) is 8.28. The predicted octanol–water partition coefficient (Wildman–Crippen LogP) is 4.82. The number of nitrogens with one attached hydrogen (secondary N) is 1. The molecule has 1 aliphatic carbocycles. The van der Waals surface area contributed by atoms with Crippen LogP contribution in [0.4, 0.5) is 0 Å². The van der Waals surface area contributed by atoms with Crippen LogP contribution in [-0.4, -0.2) is 17.6 Å². The summed E-state index contributed by atoms with van der Waals surface area (Å²) in [6.45, 7) is 10.3. The van der Waals surface area contributed by atoms with Gasteiger partial charge >= 0.3 is 0 Å². The van der Waals surface area contributed by atoms with E-state index in [-0.39, 0.29) is 0 Å². The van der Waals surface area contributed by atoms with Crippen molar-refractivity contribution < 1.29 is 0 Å². The summed E-state index contributed by atoms with van der Waals surface area (Å²) in [4.78, 5) is 4.68. The van der Waals surface area contributed by atoms with Gasteiger partial charge < -0.3 is 5.32 Å². The van der Waals surface area contributed by atoms with Crippen LogP contribution < -0.4 is 5.32 Å². The zero-order valence-electron chi connectivity index (χ0n) is 14.2. The highest BCUT2D eigenvalue weighted by molar-refractivity contribution is 7.09. The average Bonchev–Trinajstić information content (AvgIpc) is 2.89. The van der Waals surface area contributed by atoms with Gasteiger partial charge in [-0.25, -0.2) is 4.98 Å². The summed E-state index contributed by atoms with van der Waals surface area (Å²) in [6.07, 6.45) is 7.96. The third-order valence-electron chi connectivity index (χ3n) is 5.08. The second-order valence-electron chi connectivity index (χ2n) is 7.04. The molecule has 2 nitrogen and oxygen atoms in total. The Bertz CT molecular complexity index is 405. The van der Waals surface area contributed by atoms with E-state index < -0.39 is 0 Å². The summed E-state index contributed by atoms with van der Waals surface area (Å²) in [5.41, 5.74) is 1.29. The molecule has 21 heavy (non-hydrogen) atoms. The third-order valence-corrected chi connectivity index (χ3v) is 5.90. The SMILES string of the molecule is CCCNC(Cc1csc(C)n1)C1CCC(C(C)C)CC1. The van der Waals surface area contributed by atoms with Gasteiger partial charge in [0, 0.05) is 17.8 Å². The lowest BCUT2D eigenvalue weighted by molar-refractivity contribution is 0.187. The highest BCUT2D eigenvalue weighted by Gasteiger charge is 2.28. The smallest absolute Gasteiger partial charge is 0.0897 e. The van der Waals surface area contributed by atoms with Gasteiger partial charge in [0.15, 0.2) is 0 Å². The van der Waals surface area contributed by atoms with E-state index in [0.717, 1.165) is 30.7 Å². The van der Waals surface area contributed by atoms with Crippen molar-refractivity contribution >= 4 is 11.3 Å². The number of hydrogen-bond acceptors (Lipinski definition) is 3. The van der Waals surface area contributed by atoms with E-state index >= 15 is 0 Å². The maximum atomic E-state index is 4.68. The van der Waals surface area contributed by atoms with Crippen LogP contribution in [0.5, 0.6) is 0 Å². The summed E-state index contributed by atoms with van der Waals surface area (Å²) in [5.74, 6) is 2.65. The molecule has 1 aliphatic rings. The Hall–Kier alpha value is -0.410. The standard InChI is InChI=1S/C18H32N2S/c1-5-10-19-18(11-17-12-21-14(4)20-17)16-8-6-15(7-9-16)13(2)3/h12-13,15-16,18-19H,5-11H2,1-4H3. The summed E-state index contributed by atoms with van der Waals surface area (Å²) in [6, 6.07) is 0.625. The Morgan fingerprint density at radius 2 is 1.90 bits per heavy atom. The van der Waals surface area contributed by atoms with Crippen molar-refractivity contribution in [2.45, 2.75) is 72.3 Å². The van der Waals surface area contributed by atoms with Crippen LogP contribution in [0.25, 0.3) is 0 Å². The number of hydrogen-bond donors (Lipinski definition) is 1. The largest absolute Gasteiger partial charge is 0.313 e. The molecule has 1 unspecified atom stereocenters. The molecule has 1 aromatic heterocycles. The minimum absolute atomic E-state index is 0.625. The Kier molecular flexibility index (Phi) is 6.69. The highest BCUT2D eigenvalue weighted by atomic mass is 32.1. The van der Waals surface area contributed by atoms with Crippen LogP contribution in [0.3, 0.4) is 0 Å². The Labute approximate surface area is 134 Å². The van der Waals surface area contributed by atoms with Gasteiger partial charge in [0.25, 0.3) is 0 Å². The number of aromatic nitrogens is 1. The molecule has 1 fully saturated rings. The summed E-state index contributed by atoms with van der Waals surface area (Å²) in [5, 5.41) is 7.25. The van der Waals surface area contributed by atoms with Crippen LogP contribution in [0.15, 0.2) is 5.38 Å². The molecule has 1 heterocycles. The fraction of sp³-hybridized carbons (Fsp3) is 0.833. The van der Waals surface area contributed by atoms with E-state index in [2.05, 4.69) is 43.4 Å². The van der Waals surface area contributed by atoms with Gasteiger partial charge in [-0.3, -0.25) is 0 Å². The van der Waals surface area contributed by atoms with Gasteiger partial charge in [-0.1, -0.05) is 20.8 Å². The van der Waals surface area contributed by atoms with Crippen molar-refractivity contribution in [3.05, 3.63) is 16.1 Å². The fourth-order valence-electron chi connectivity index (χ4n) is 3.68. The molecule has 1 atom stereocenters. The van der Waals surface area contributed by atoms with Gasteiger partial charge in [0.05, 0.1) is 10.7 Å². The lowest BCUT2D eigenvalue weighted by atomic mass is 9.74. The number of nitrogens with zero attached hydrogens (tertiary/aromatic N) is 1. The van der Waals surface area contributed by atoms with Crippen molar-refractivity contribution in [3.8, 4) is 0 Å². The molecule has 0 saturated heterocycles. The number of rotatable bonds is 7. The van der Waals surface area contributed by atoms with Gasteiger partial charge in [0.2, 0.25) is 0 Å². The molecule has 3 heteroatoms. The van der Waals surface area contributed by atoms with Crippen LogP contribution in [0.2, 0.25) is 0 Å². The first kappa shape index (κ1) is 17.0. The maximum Gasteiger partial charge on any atom is 0.0897 e. The van der Waals surface area contributed by atoms with Crippen molar-refractivity contribution in [2.24, 2.45) is 17.8 Å². The molecule has 1 aromatic rings. The molecule has 0 bridgehead atoms. The average molecular weight is 309 g/mol. The van der Waals surface area contributed by atoms with Crippen LogP contribution in [0, 0.1) is 24.7 Å². The molecule has 0 aromatic carbocycles. The maximum absolute atomic E-state index is 4.68. The predicted molar refractivity (Wildman–Crippen MR) is 92.9 cm³/mol. The van der Waals surface area contributed by atoms with Crippen molar-refractivity contribution in [1.82, 2.24) is 10.3 Å². The first-order chi connectivity index (χ1) is 10.1.